The molecule has 0 bridgehead atoms. The molecule has 1 aliphatic carbocycles. The smallest absolute Gasteiger partial charge is 0.407 e. The fraction of sp³-hybridized carbons (Fsp3) is 0.300. The van der Waals surface area contributed by atoms with Gasteiger partial charge >= 0.3 is 12.1 Å². The number of amides is 2. The highest BCUT2D eigenvalue weighted by molar-refractivity contribution is 5.89. The highest BCUT2D eigenvalue weighted by atomic mass is 16.5. The Morgan fingerprint density at radius 1 is 0.892 bits per heavy atom. The number of carbonyl (C=O) groups excluding carboxylic acids is 2. The average molecular weight is 501 g/mol. The SMILES string of the molecule is CC(C)(C)[C@H](NC(=O)OCC1c2ccccc2-c2ccccc21)C(=O)N(CC(=O)O)Cc1ccccc1. The second-order valence-electron chi connectivity index (χ2n) is 10.3. The maximum Gasteiger partial charge on any atom is 0.407 e. The van der Waals surface area contributed by atoms with Crippen molar-refractivity contribution in [2.75, 3.05) is 13.2 Å². The van der Waals surface area contributed by atoms with E-state index in [-0.39, 0.29) is 19.1 Å². The summed E-state index contributed by atoms with van der Waals surface area (Å²) in [5.74, 6) is -1.71. The minimum atomic E-state index is -1.13. The number of nitrogens with zero attached hydrogens (tertiary/aromatic N) is 1. The van der Waals surface area contributed by atoms with Crippen LogP contribution in [0.25, 0.3) is 11.1 Å². The minimum absolute atomic E-state index is 0.108. The van der Waals surface area contributed by atoms with Gasteiger partial charge in [0.05, 0.1) is 0 Å². The first kappa shape index (κ1) is 25.9. The fourth-order valence-corrected chi connectivity index (χ4v) is 4.77. The van der Waals surface area contributed by atoms with Crippen LogP contribution in [-0.4, -0.2) is 47.2 Å². The van der Waals surface area contributed by atoms with Crippen LogP contribution in [0.15, 0.2) is 78.9 Å². The Hall–Kier alpha value is -4.13. The molecule has 0 radical (unpaired) electrons. The quantitative estimate of drug-likeness (QED) is 0.451. The Bertz CT molecular complexity index is 1240. The second kappa shape index (κ2) is 10.9. The summed E-state index contributed by atoms with van der Waals surface area (Å²) in [4.78, 5) is 39.3. The van der Waals surface area contributed by atoms with E-state index >= 15 is 0 Å². The van der Waals surface area contributed by atoms with Gasteiger partial charge < -0.3 is 20.1 Å². The van der Waals surface area contributed by atoms with E-state index in [1.807, 2.05) is 87.5 Å². The molecular weight excluding hydrogens is 468 g/mol. The predicted molar refractivity (Wildman–Crippen MR) is 141 cm³/mol. The zero-order valence-corrected chi connectivity index (χ0v) is 21.3. The molecule has 2 amide bonds. The average Bonchev–Trinajstić information content (AvgIpc) is 3.18. The number of fused-ring (bicyclic) bond motifs is 3. The molecule has 4 rings (SSSR count). The number of rotatable bonds is 8. The lowest BCUT2D eigenvalue weighted by Gasteiger charge is -2.34. The summed E-state index contributed by atoms with van der Waals surface area (Å²) < 4.78 is 5.66. The Labute approximate surface area is 217 Å². The molecular formula is C30H32N2O5. The van der Waals surface area contributed by atoms with Gasteiger partial charge in [-0.15, -0.1) is 0 Å². The molecule has 0 unspecified atom stereocenters. The predicted octanol–water partition coefficient (Wildman–Crippen LogP) is 5.05. The lowest BCUT2D eigenvalue weighted by Crippen LogP contribution is -2.55. The summed E-state index contributed by atoms with van der Waals surface area (Å²) in [6, 6.07) is 24.3. The van der Waals surface area contributed by atoms with Crippen LogP contribution >= 0.6 is 0 Å². The van der Waals surface area contributed by atoms with Gasteiger partial charge in [0.1, 0.15) is 19.2 Å². The van der Waals surface area contributed by atoms with Crippen molar-refractivity contribution < 1.29 is 24.2 Å². The summed E-state index contributed by atoms with van der Waals surface area (Å²) in [5, 5.41) is 12.2. The molecule has 3 aromatic rings. The van der Waals surface area contributed by atoms with E-state index < -0.39 is 36.0 Å². The van der Waals surface area contributed by atoms with Crippen LogP contribution in [0.4, 0.5) is 4.79 Å². The van der Waals surface area contributed by atoms with Crippen LogP contribution in [0, 0.1) is 5.41 Å². The minimum Gasteiger partial charge on any atom is -0.480 e. The Kier molecular flexibility index (Phi) is 7.62. The van der Waals surface area contributed by atoms with Gasteiger partial charge in [-0.2, -0.15) is 0 Å². The third kappa shape index (κ3) is 6.00. The molecule has 1 aliphatic rings. The Balaban J connectivity index is 1.48. The van der Waals surface area contributed by atoms with E-state index in [4.69, 9.17) is 4.74 Å². The molecule has 0 saturated heterocycles. The van der Waals surface area contributed by atoms with Crippen molar-refractivity contribution in [2.45, 2.75) is 39.3 Å². The standard InChI is InChI=1S/C30H32N2O5/c1-30(2,3)27(28(35)32(18-26(33)34)17-20-11-5-4-6-12-20)31-29(36)37-19-25-23-15-9-7-13-21(23)22-14-8-10-16-24(22)25/h4-16,25,27H,17-19H2,1-3H3,(H,31,36)(H,33,34)/t27-/m1/s1. The summed E-state index contributed by atoms with van der Waals surface area (Å²) >= 11 is 0. The van der Waals surface area contributed by atoms with E-state index in [1.165, 1.54) is 4.90 Å². The summed E-state index contributed by atoms with van der Waals surface area (Å²) in [6.07, 6.45) is -0.717. The highest BCUT2D eigenvalue weighted by Gasteiger charge is 2.37. The van der Waals surface area contributed by atoms with Gasteiger partial charge in [0.25, 0.3) is 0 Å². The number of carboxylic acid groups (broad SMARTS) is 1. The molecule has 37 heavy (non-hydrogen) atoms. The number of aliphatic carboxylic acids is 1. The van der Waals surface area contributed by atoms with Gasteiger partial charge in [-0.25, -0.2) is 4.79 Å². The van der Waals surface area contributed by atoms with Crippen LogP contribution in [0.2, 0.25) is 0 Å². The van der Waals surface area contributed by atoms with Crippen molar-refractivity contribution in [3.8, 4) is 11.1 Å². The highest BCUT2D eigenvalue weighted by Crippen LogP contribution is 2.44. The van der Waals surface area contributed by atoms with Crippen molar-refractivity contribution in [1.29, 1.82) is 0 Å². The fourth-order valence-electron chi connectivity index (χ4n) is 4.77. The maximum atomic E-state index is 13.5. The van der Waals surface area contributed by atoms with Crippen molar-refractivity contribution in [2.24, 2.45) is 5.41 Å². The molecule has 1 atom stereocenters. The molecule has 3 aromatic carbocycles. The molecule has 7 heteroatoms. The monoisotopic (exact) mass is 500 g/mol. The lowest BCUT2D eigenvalue weighted by molar-refractivity contribution is -0.147. The number of ether oxygens (including phenoxy) is 1. The van der Waals surface area contributed by atoms with Gasteiger partial charge in [0.2, 0.25) is 5.91 Å². The summed E-state index contributed by atoms with van der Waals surface area (Å²) in [5.41, 5.74) is 4.55. The third-order valence-corrected chi connectivity index (χ3v) is 6.57. The van der Waals surface area contributed by atoms with Gasteiger partial charge in [-0.05, 0) is 33.2 Å². The topological polar surface area (TPSA) is 95.9 Å². The van der Waals surface area contributed by atoms with Gasteiger partial charge in [0, 0.05) is 12.5 Å². The van der Waals surface area contributed by atoms with E-state index in [9.17, 15) is 19.5 Å². The molecule has 0 aromatic heterocycles. The number of carboxylic acids is 1. The number of alkyl carbamates (subject to hydrolysis) is 1. The molecule has 0 heterocycles. The van der Waals surface area contributed by atoms with Crippen molar-refractivity contribution in [3.63, 3.8) is 0 Å². The van der Waals surface area contributed by atoms with E-state index in [1.54, 1.807) is 0 Å². The van der Waals surface area contributed by atoms with Gasteiger partial charge in [-0.1, -0.05) is 99.6 Å². The molecule has 0 aliphatic heterocycles. The molecule has 0 saturated carbocycles. The Morgan fingerprint density at radius 3 is 1.97 bits per heavy atom. The Morgan fingerprint density at radius 2 is 1.43 bits per heavy atom. The number of benzene rings is 3. The summed E-state index contributed by atoms with van der Waals surface area (Å²) in [6.45, 7) is 5.22. The van der Waals surface area contributed by atoms with Crippen LogP contribution < -0.4 is 5.32 Å². The molecule has 0 spiro atoms. The molecule has 0 fully saturated rings. The van der Waals surface area contributed by atoms with E-state index in [0.29, 0.717) is 0 Å². The number of nitrogens with one attached hydrogen (secondary N) is 1. The van der Waals surface area contributed by atoms with Crippen LogP contribution in [0.5, 0.6) is 0 Å². The molecule has 7 nitrogen and oxygen atoms in total. The largest absolute Gasteiger partial charge is 0.480 e. The zero-order chi connectivity index (χ0) is 26.6. The van der Waals surface area contributed by atoms with Gasteiger partial charge in [-0.3, -0.25) is 9.59 Å². The number of carbonyl (C=O) groups is 3. The third-order valence-electron chi connectivity index (χ3n) is 6.57. The van der Waals surface area contributed by atoms with Crippen LogP contribution in [0.3, 0.4) is 0 Å². The first-order chi connectivity index (χ1) is 17.6. The maximum absolute atomic E-state index is 13.5. The van der Waals surface area contributed by atoms with Crippen LogP contribution in [0.1, 0.15) is 43.4 Å². The lowest BCUT2D eigenvalue weighted by atomic mass is 9.85. The molecule has 192 valence electrons. The first-order valence-electron chi connectivity index (χ1n) is 12.3. The van der Waals surface area contributed by atoms with Gasteiger partial charge in [0.15, 0.2) is 0 Å². The number of hydrogen-bond acceptors (Lipinski definition) is 4. The van der Waals surface area contributed by atoms with Crippen molar-refractivity contribution in [3.05, 3.63) is 95.6 Å². The first-order valence-corrected chi connectivity index (χ1v) is 12.3. The second-order valence-corrected chi connectivity index (χ2v) is 10.3. The van der Waals surface area contributed by atoms with Crippen molar-refractivity contribution >= 4 is 18.0 Å². The zero-order valence-electron chi connectivity index (χ0n) is 21.3. The number of hydrogen-bond donors (Lipinski definition) is 2. The van der Waals surface area contributed by atoms with Crippen molar-refractivity contribution in [1.82, 2.24) is 10.2 Å². The molecule has 2 N–H and O–H groups in total. The normalized spacial score (nSPS) is 13.3. The van der Waals surface area contributed by atoms with E-state index in [2.05, 4.69) is 17.4 Å². The van der Waals surface area contributed by atoms with Crippen LogP contribution in [-0.2, 0) is 20.9 Å². The summed E-state index contributed by atoms with van der Waals surface area (Å²) in [7, 11) is 0. The van der Waals surface area contributed by atoms with E-state index in [0.717, 1.165) is 27.8 Å².